The molecule has 0 saturated carbocycles. The third-order valence-corrected chi connectivity index (χ3v) is 2.14. The van der Waals surface area contributed by atoms with Gasteiger partial charge in [-0.1, -0.05) is 0 Å². The van der Waals surface area contributed by atoms with E-state index in [1.807, 2.05) is 0 Å². The number of carboxylic acid groups (broad SMARTS) is 4. The van der Waals surface area contributed by atoms with Crippen LogP contribution >= 0.6 is 0 Å². The molecule has 0 aromatic carbocycles. The molecule has 6 N–H and O–H groups in total. The molecule has 1 radical (unpaired) electrons. The van der Waals surface area contributed by atoms with E-state index in [2.05, 4.69) is 0 Å². The number of nitrogens with zero attached hydrogens (tertiary/aromatic N) is 2. The first-order valence-corrected chi connectivity index (χ1v) is 5.44. The molecule has 0 fully saturated rings. The van der Waals surface area contributed by atoms with E-state index in [0.29, 0.717) is 0 Å². The summed E-state index contributed by atoms with van der Waals surface area (Å²) >= 11 is 0. The van der Waals surface area contributed by atoms with Crippen LogP contribution < -0.4 is 79.5 Å². The summed E-state index contributed by atoms with van der Waals surface area (Å²) in [5, 5.41) is 41.6. The predicted molar refractivity (Wildman–Crippen MR) is 63.7 cm³/mol. The van der Waals surface area contributed by atoms with Crippen LogP contribution in [0.25, 0.3) is 0 Å². The molecule has 0 spiro atoms. The van der Waals surface area contributed by atoms with Crippen LogP contribution in [0.15, 0.2) is 0 Å². The number of rotatable bonds is 11. The first kappa shape index (κ1) is 45.1. The molecule has 0 rings (SSSR count). The maximum absolute atomic E-state index is 10.4. The van der Waals surface area contributed by atoms with Crippen molar-refractivity contribution in [2.45, 2.75) is 0 Å². The Morgan fingerprint density at radius 1 is 0.538 bits per heavy atom. The molecule has 0 saturated heterocycles. The van der Waals surface area contributed by atoms with Gasteiger partial charge in [0.15, 0.2) is 0 Å². The Hall–Kier alpha value is 0.199. The molecule has 0 aliphatic carbocycles. The Morgan fingerprint density at radius 3 is 0.808 bits per heavy atom. The molecule has 0 aromatic rings. The van der Waals surface area contributed by atoms with E-state index in [1.54, 1.807) is 0 Å². The van der Waals surface area contributed by atoms with Gasteiger partial charge >= 0.3 is 59.1 Å². The van der Waals surface area contributed by atoms with Crippen molar-refractivity contribution in [3.05, 3.63) is 0 Å². The third kappa shape index (κ3) is 29.0. The molecular weight excluding hydrogens is 425 g/mol. The molecular formula is C10H18MnN2Na2O11-2. The zero-order valence-electron chi connectivity index (χ0n) is 14.3. The first-order chi connectivity index (χ1) is 9.20. The minimum absolute atomic E-state index is 0. The van der Waals surface area contributed by atoms with Crippen LogP contribution in [0.1, 0.15) is 0 Å². The molecule has 16 heteroatoms. The minimum atomic E-state index is -1.53. The number of hydrogen-bond acceptors (Lipinski definition) is 10. The van der Waals surface area contributed by atoms with Crippen LogP contribution in [0, 0.1) is 0 Å². The molecule has 0 amide bonds. The summed E-state index contributed by atoms with van der Waals surface area (Å²) in [5.74, 6) is -6.12. The van der Waals surface area contributed by atoms with Gasteiger partial charge in [0.1, 0.15) is 0 Å². The Balaban J connectivity index is -0.000000120. The van der Waals surface area contributed by atoms with E-state index in [4.69, 9.17) is 0 Å². The van der Waals surface area contributed by atoms with Gasteiger partial charge < -0.3 is 56.0 Å². The van der Waals surface area contributed by atoms with Gasteiger partial charge in [-0.15, -0.1) is 0 Å². The van der Waals surface area contributed by atoms with E-state index < -0.39 is 50.1 Å². The largest absolute Gasteiger partial charge is 1.00 e. The molecule has 26 heavy (non-hydrogen) atoms. The van der Waals surface area contributed by atoms with E-state index in [9.17, 15) is 39.6 Å². The summed E-state index contributed by atoms with van der Waals surface area (Å²) in [7, 11) is 0. The molecule has 0 aliphatic rings. The number of hydrogen-bond donors (Lipinski definition) is 0. The summed E-state index contributed by atoms with van der Waals surface area (Å²) in [6.07, 6.45) is 0. The van der Waals surface area contributed by atoms with Gasteiger partial charge in [-0.3, -0.25) is 9.80 Å². The molecule has 13 nitrogen and oxygen atoms in total. The zero-order chi connectivity index (χ0) is 15.7. The first-order valence-electron chi connectivity index (χ1n) is 5.44. The van der Waals surface area contributed by atoms with Crippen molar-refractivity contribution in [2.75, 3.05) is 39.3 Å². The van der Waals surface area contributed by atoms with Gasteiger partial charge in [-0.25, -0.2) is 0 Å². The monoisotopic (exact) mass is 443 g/mol. The van der Waals surface area contributed by atoms with E-state index in [-0.39, 0.29) is 106 Å². The van der Waals surface area contributed by atoms with Crippen LogP contribution in [-0.4, -0.2) is 89.4 Å². The molecule has 0 bridgehead atoms. The Kier molecular flexibility index (Phi) is 43.7. The van der Waals surface area contributed by atoms with Crippen LogP contribution in [-0.2, 0) is 36.2 Å². The van der Waals surface area contributed by atoms with Crippen molar-refractivity contribution < 1.29 is 132 Å². The van der Waals surface area contributed by atoms with E-state index >= 15 is 0 Å². The van der Waals surface area contributed by atoms with Crippen LogP contribution in [0.2, 0.25) is 0 Å². The molecule has 0 aromatic heterocycles. The number of carboxylic acids is 4. The second kappa shape index (κ2) is 25.2. The average Bonchev–Trinajstić information content (AvgIpc) is 2.22. The average molecular weight is 443 g/mol. The van der Waals surface area contributed by atoms with E-state index in [1.165, 1.54) is 0 Å². The maximum atomic E-state index is 10.4. The van der Waals surface area contributed by atoms with Crippen molar-refractivity contribution in [1.82, 2.24) is 9.80 Å². The topological polar surface area (TPSA) is 262 Å². The quantitative estimate of drug-likeness (QED) is 0.272. The number of carbonyl (C=O) groups excluding carboxylic acids is 4. The standard InChI is InChI=1S/C10H16N2O8.Mn.2Na.3H2O/c13-7(14)3-11(4-8(15)16)1-2-12(5-9(17)18)6-10(19)20;;;;;;/h1-6H2,(H,13,14)(H,15,16)(H,17,18)(H,19,20);;;;3*1H2/q;;2*+1;;;/p-4. The van der Waals surface area contributed by atoms with Crippen molar-refractivity contribution in [3.63, 3.8) is 0 Å². The Morgan fingerprint density at radius 2 is 0.692 bits per heavy atom. The fourth-order valence-corrected chi connectivity index (χ4v) is 1.44. The SMILES string of the molecule is O.O.O.O=C([O-])CN(CCN(CC(=O)[O-])CC(=O)[O-])CC(=O)[O-].[Mn].[Na+].[Na+]. The summed E-state index contributed by atoms with van der Waals surface area (Å²) in [4.78, 5) is 43.4. The van der Waals surface area contributed by atoms with Crippen LogP contribution in [0.4, 0.5) is 0 Å². The smallest absolute Gasteiger partial charge is 0.549 e. The summed E-state index contributed by atoms with van der Waals surface area (Å²) in [6.45, 7) is -3.25. The fraction of sp³-hybridized carbons (Fsp3) is 0.600. The van der Waals surface area contributed by atoms with E-state index in [0.717, 1.165) is 9.80 Å². The van der Waals surface area contributed by atoms with Crippen molar-refractivity contribution in [3.8, 4) is 0 Å². The molecule has 145 valence electrons. The summed E-state index contributed by atoms with van der Waals surface area (Å²) in [5.41, 5.74) is 0. The van der Waals surface area contributed by atoms with Gasteiger partial charge in [0.2, 0.25) is 0 Å². The predicted octanol–water partition coefficient (Wildman–Crippen LogP) is -15.9. The van der Waals surface area contributed by atoms with Crippen LogP contribution in [0.3, 0.4) is 0 Å². The molecule has 0 unspecified atom stereocenters. The normalized spacial score (nSPS) is 8.23. The van der Waals surface area contributed by atoms with Crippen molar-refractivity contribution in [2.24, 2.45) is 0 Å². The second-order valence-corrected chi connectivity index (χ2v) is 3.91. The van der Waals surface area contributed by atoms with Crippen LogP contribution in [0.5, 0.6) is 0 Å². The van der Waals surface area contributed by atoms with Gasteiger partial charge in [-0.2, -0.15) is 0 Å². The Labute approximate surface area is 203 Å². The summed E-state index contributed by atoms with van der Waals surface area (Å²) < 4.78 is 0. The fourth-order valence-electron chi connectivity index (χ4n) is 1.44. The Bertz CT molecular complexity index is 335. The van der Waals surface area contributed by atoms with Gasteiger partial charge in [-0.05, 0) is 0 Å². The molecule has 0 heterocycles. The van der Waals surface area contributed by atoms with Crippen molar-refractivity contribution in [1.29, 1.82) is 0 Å². The molecule has 0 aliphatic heterocycles. The van der Waals surface area contributed by atoms with Gasteiger partial charge in [0.05, 0.1) is 23.9 Å². The number of carbonyl (C=O) groups is 4. The molecule has 0 atom stereocenters. The minimum Gasteiger partial charge on any atom is -0.549 e. The number of aliphatic carboxylic acids is 4. The second-order valence-electron chi connectivity index (χ2n) is 3.91. The third-order valence-electron chi connectivity index (χ3n) is 2.14. The van der Waals surface area contributed by atoms with Gasteiger partial charge in [0.25, 0.3) is 0 Å². The maximum Gasteiger partial charge on any atom is 1.00 e. The van der Waals surface area contributed by atoms with Gasteiger partial charge in [0, 0.05) is 56.3 Å². The zero-order valence-corrected chi connectivity index (χ0v) is 19.5. The summed E-state index contributed by atoms with van der Waals surface area (Å²) in [6, 6.07) is 0. The van der Waals surface area contributed by atoms with Crippen molar-refractivity contribution >= 4 is 23.9 Å².